The fourth-order valence-electron chi connectivity index (χ4n) is 2.71. The highest BCUT2D eigenvalue weighted by Gasteiger charge is 2.28. The molecule has 2 atom stereocenters. The molecule has 0 radical (unpaired) electrons. The van der Waals surface area contributed by atoms with E-state index >= 15 is 0 Å². The standard InChI is InChI=1S/C17H23F3N2O2.ClH/c1-12(22-16(23)7-2-13-8-9-21-10-13)14-3-5-15(6-4-14)24-11-17(18,19)20;/h3-6,12-13,21H,2,7-11H2,1H3,(H,22,23);1H. The Labute approximate surface area is 151 Å². The topological polar surface area (TPSA) is 50.4 Å². The molecule has 1 amide bonds. The molecule has 25 heavy (non-hydrogen) atoms. The lowest BCUT2D eigenvalue weighted by atomic mass is 10.0. The highest BCUT2D eigenvalue weighted by molar-refractivity contribution is 5.85. The van der Waals surface area contributed by atoms with Crippen LogP contribution in [0.15, 0.2) is 24.3 Å². The molecule has 0 aliphatic carbocycles. The summed E-state index contributed by atoms with van der Waals surface area (Å²) in [7, 11) is 0. The maximum Gasteiger partial charge on any atom is 0.422 e. The van der Waals surface area contributed by atoms with Crippen LogP contribution in [0.5, 0.6) is 5.75 Å². The highest BCUT2D eigenvalue weighted by Crippen LogP contribution is 2.21. The van der Waals surface area contributed by atoms with Gasteiger partial charge in [-0.3, -0.25) is 4.79 Å². The predicted octanol–water partition coefficient (Wildman–Crippen LogP) is 3.62. The largest absolute Gasteiger partial charge is 0.484 e. The average Bonchev–Trinajstić information content (AvgIpc) is 3.04. The van der Waals surface area contributed by atoms with Crippen LogP contribution in [0.2, 0.25) is 0 Å². The molecule has 0 bridgehead atoms. The van der Waals surface area contributed by atoms with Gasteiger partial charge in [0.2, 0.25) is 5.91 Å². The summed E-state index contributed by atoms with van der Waals surface area (Å²) in [6, 6.07) is 6.09. The number of hydrogen-bond acceptors (Lipinski definition) is 3. The van der Waals surface area contributed by atoms with Gasteiger partial charge in [-0.25, -0.2) is 0 Å². The molecule has 1 aliphatic rings. The fraction of sp³-hybridized carbons (Fsp3) is 0.588. The SMILES string of the molecule is CC(NC(=O)CCC1CCNC1)c1ccc(OCC(F)(F)F)cc1.Cl. The van der Waals surface area contributed by atoms with Crippen LogP contribution in [0.25, 0.3) is 0 Å². The molecule has 142 valence electrons. The molecule has 1 aromatic rings. The Morgan fingerprint density at radius 3 is 2.60 bits per heavy atom. The van der Waals surface area contributed by atoms with E-state index in [2.05, 4.69) is 15.4 Å². The smallest absolute Gasteiger partial charge is 0.422 e. The number of amides is 1. The minimum absolute atomic E-state index is 0. The van der Waals surface area contributed by atoms with Crippen molar-refractivity contribution in [3.05, 3.63) is 29.8 Å². The molecular weight excluding hydrogens is 357 g/mol. The predicted molar refractivity (Wildman–Crippen MR) is 92.0 cm³/mol. The van der Waals surface area contributed by atoms with E-state index in [0.29, 0.717) is 12.3 Å². The van der Waals surface area contributed by atoms with Gasteiger partial charge >= 0.3 is 6.18 Å². The first kappa shape index (κ1) is 21.6. The van der Waals surface area contributed by atoms with E-state index in [4.69, 9.17) is 0 Å². The second kappa shape index (κ2) is 9.87. The molecule has 0 aromatic heterocycles. The lowest BCUT2D eigenvalue weighted by Gasteiger charge is -2.16. The lowest BCUT2D eigenvalue weighted by molar-refractivity contribution is -0.153. The number of carbonyl (C=O) groups excluding carboxylic acids is 1. The molecule has 1 aromatic carbocycles. The Morgan fingerprint density at radius 2 is 2.04 bits per heavy atom. The van der Waals surface area contributed by atoms with Crippen molar-refractivity contribution >= 4 is 18.3 Å². The van der Waals surface area contributed by atoms with Gasteiger partial charge in [0.15, 0.2) is 6.61 Å². The van der Waals surface area contributed by atoms with Gasteiger partial charge in [0, 0.05) is 6.42 Å². The van der Waals surface area contributed by atoms with E-state index in [0.717, 1.165) is 31.5 Å². The zero-order chi connectivity index (χ0) is 17.6. The fourth-order valence-corrected chi connectivity index (χ4v) is 2.71. The number of nitrogens with one attached hydrogen (secondary N) is 2. The lowest BCUT2D eigenvalue weighted by Crippen LogP contribution is -2.27. The minimum Gasteiger partial charge on any atom is -0.484 e. The van der Waals surface area contributed by atoms with Gasteiger partial charge in [-0.05, 0) is 56.5 Å². The molecule has 0 saturated carbocycles. The van der Waals surface area contributed by atoms with E-state index in [1.807, 2.05) is 6.92 Å². The highest BCUT2D eigenvalue weighted by atomic mass is 35.5. The molecule has 1 saturated heterocycles. The summed E-state index contributed by atoms with van der Waals surface area (Å²) in [6.45, 7) is 2.53. The van der Waals surface area contributed by atoms with Gasteiger partial charge in [0.05, 0.1) is 6.04 Å². The molecule has 2 N–H and O–H groups in total. The number of halogens is 4. The van der Waals surface area contributed by atoms with Gasteiger partial charge in [-0.2, -0.15) is 13.2 Å². The van der Waals surface area contributed by atoms with Crippen LogP contribution in [0.1, 0.15) is 37.8 Å². The van der Waals surface area contributed by atoms with Crippen LogP contribution in [-0.4, -0.2) is 31.8 Å². The van der Waals surface area contributed by atoms with E-state index in [9.17, 15) is 18.0 Å². The summed E-state index contributed by atoms with van der Waals surface area (Å²) >= 11 is 0. The van der Waals surface area contributed by atoms with Crippen molar-refractivity contribution in [2.75, 3.05) is 19.7 Å². The summed E-state index contributed by atoms with van der Waals surface area (Å²) in [5, 5.41) is 6.19. The van der Waals surface area contributed by atoms with Crippen molar-refractivity contribution in [3.63, 3.8) is 0 Å². The summed E-state index contributed by atoms with van der Waals surface area (Å²) in [4.78, 5) is 12.0. The quantitative estimate of drug-likeness (QED) is 0.759. The Bertz CT molecular complexity index is 532. The van der Waals surface area contributed by atoms with Crippen molar-refractivity contribution in [3.8, 4) is 5.75 Å². The Balaban J connectivity index is 0.00000312. The molecule has 2 unspecified atom stereocenters. The zero-order valence-electron chi connectivity index (χ0n) is 14.1. The number of benzene rings is 1. The first-order valence-electron chi connectivity index (χ1n) is 8.13. The number of hydrogen-bond donors (Lipinski definition) is 2. The first-order valence-corrected chi connectivity index (χ1v) is 8.13. The van der Waals surface area contributed by atoms with Crippen LogP contribution < -0.4 is 15.4 Å². The maximum atomic E-state index is 12.1. The van der Waals surface area contributed by atoms with Crippen LogP contribution in [0.3, 0.4) is 0 Å². The van der Waals surface area contributed by atoms with Gasteiger partial charge in [-0.1, -0.05) is 12.1 Å². The number of ether oxygens (including phenoxy) is 1. The second-order valence-corrected chi connectivity index (χ2v) is 6.16. The zero-order valence-corrected chi connectivity index (χ0v) is 14.9. The summed E-state index contributed by atoms with van der Waals surface area (Å²) in [5.41, 5.74) is 0.824. The third-order valence-electron chi connectivity index (χ3n) is 4.10. The summed E-state index contributed by atoms with van der Waals surface area (Å²) in [6.07, 6.45) is -1.88. The third-order valence-corrected chi connectivity index (χ3v) is 4.10. The Hall–Kier alpha value is -1.47. The van der Waals surface area contributed by atoms with E-state index in [1.54, 1.807) is 12.1 Å². The van der Waals surface area contributed by atoms with Crippen LogP contribution in [-0.2, 0) is 4.79 Å². The van der Waals surface area contributed by atoms with Gasteiger partial charge in [-0.15, -0.1) is 12.4 Å². The van der Waals surface area contributed by atoms with Crippen molar-refractivity contribution in [1.82, 2.24) is 10.6 Å². The summed E-state index contributed by atoms with van der Waals surface area (Å²) < 4.78 is 41.0. The minimum atomic E-state index is -4.35. The van der Waals surface area contributed by atoms with Crippen molar-refractivity contribution in [1.29, 1.82) is 0 Å². The van der Waals surface area contributed by atoms with Crippen LogP contribution >= 0.6 is 12.4 Å². The number of carbonyl (C=O) groups is 1. The van der Waals surface area contributed by atoms with Crippen LogP contribution in [0, 0.1) is 5.92 Å². The Kier molecular flexibility index (Phi) is 8.52. The summed E-state index contributed by atoms with van der Waals surface area (Å²) in [5.74, 6) is 0.714. The molecular formula is C17H24ClF3N2O2. The van der Waals surface area contributed by atoms with Crippen molar-refractivity contribution in [2.24, 2.45) is 5.92 Å². The average molecular weight is 381 g/mol. The van der Waals surface area contributed by atoms with E-state index < -0.39 is 12.8 Å². The van der Waals surface area contributed by atoms with Crippen molar-refractivity contribution < 1.29 is 22.7 Å². The van der Waals surface area contributed by atoms with Crippen molar-refractivity contribution in [2.45, 2.75) is 38.4 Å². The molecule has 1 heterocycles. The normalized spacial score (nSPS) is 18.3. The maximum absolute atomic E-state index is 12.1. The molecule has 2 rings (SSSR count). The monoisotopic (exact) mass is 380 g/mol. The molecule has 8 heteroatoms. The van der Waals surface area contributed by atoms with Gasteiger partial charge in [0.25, 0.3) is 0 Å². The first-order chi connectivity index (χ1) is 11.3. The van der Waals surface area contributed by atoms with E-state index in [1.165, 1.54) is 12.1 Å². The van der Waals surface area contributed by atoms with Crippen LogP contribution in [0.4, 0.5) is 13.2 Å². The van der Waals surface area contributed by atoms with E-state index in [-0.39, 0.29) is 30.1 Å². The number of alkyl halides is 3. The van der Waals surface area contributed by atoms with Gasteiger partial charge < -0.3 is 15.4 Å². The number of rotatable bonds is 7. The van der Waals surface area contributed by atoms with Gasteiger partial charge in [0.1, 0.15) is 5.75 Å². The third kappa shape index (κ3) is 7.96. The molecule has 1 aliphatic heterocycles. The Morgan fingerprint density at radius 1 is 1.36 bits per heavy atom. The molecule has 4 nitrogen and oxygen atoms in total. The molecule has 0 spiro atoms. The molecule has 1 fully saturated rings. The second-order valence-electron chi connectivity index (χ2n) is 6.16.